The van der Waals surface area contributed by atoms with Crippen LogP contribution in [0.25, 0.3) is 0 Å². The van der Waals surface area contributed by atoms with E-state index in [4.69, 9.17) is 14.2 Å². The second-order valence-electron chi connectivity index (χ2n) is 6.22. The average Bonchev–Trinajstić information content (AvgIpc) is 2.95. The van der Waals surface area contributed by atoms with Crippen molar-refractivity contribution in [2.75, 3.05) is 26.1 Å². The van der Waals surface area contributed by atoms with Gasteiger partial charge < -0.3 is 19.5 Å². The molecule has 3 rings (SSSR count). The minimum Gasteiger partial charge on any atom is -0.497 e. The van der Waals surface area contributed by atoms with Crippen molar-refractivity contribution in [2.45, 2.75) is 32.7 Å². The number of nitrogens with zero attached hydrogens (tertiary/aromatic N) is 2. The summed E-state index contributed by atoms with van der Waals surface area (Å²) in [6.07, 6.45) is 0.266. The number of methoxy groups -OCH3 is 2. The molecule has 144 valence electrons. The predicted octanol–water partition coefficient (Wildman–Crippen LogP) is 2.25. The Kier molecular flexibility index (Phi) is 5.34. The highest BCUT2D eigenvalue weighted by Crippen LogP contribution is 2.43. The lowest BCUT2D eigenvalue weighted by Gasteiger charge is -2.25. The molecule has 0 bridgehead atoms. The Morgan fingerprint density at radius 1 is 1.33 bits per heavy atom. The average molecular weight is 373 g/mol. The van der Waals surface area contributed by atoms with Gasteiger partial charge in [0.25, 0.3) is 0 Å². The van der Waals surface area contributed by atoms with Crippen molar-refractivity contribution in [2.24, 2.45) is 0 Å². The molecule has 1 aliphatic heterocycles. The Morgan fingerprint density at radius 3 is 2.78 bits per heavy atom. The van der Waals surface area contributed by atoms with Crippen molar-refractivity contribution >= 4 is 17.7 Å². The summed E-state index contributed by atoms with van der Waals surface area (Å²) in [6, 6.07) is 5.52. The van der Waals surface area contributed by atoms with Crippen molar-refractivity contribution < 1.29 is 23.8 Å². The van der Waals surface area contributed by atoms with Gasteiger partial charge in [0.05, 0.1) is 26.5 Å². The standard InChI is InChI=1S/C19H23N3O5/c1-5-27-17(24)10-22-19-18(11(2)21-22)14(9-16(23)20-19)13-7-6-12(25-3)8-15(13)26-4/h6-8,14H,5,9-10H2,1-4H3,(H,20,23). The molecule has 1 amide bonds. The molecule has 1 aliphatic rings. The molecule has 8 nitrogen and oxygen atoms in total. The first-order valence-electron chi connectivity index (χ1n) is 8.73. The maximum absolute atomic E-state index is 12.4. The number of carbonyl (C=O) groups excluding carboxylic acids is 2. The molecule has 1 unspecified atom stereocenters. The lowest BCUT2D eigenvalue weighted by molar-refractivity contribution is -0.144. The number of amides is 1. The largest absolute Gasteiger partial charge is 0.497 e. The van der Waals surface area contributed by atoms with Gasteiger partial charge in [-0.2, -0.15) is 5.10 Å². The first kappa shape index (κ1) is 18.8. The normalized spacial score (nSPS) is 15.7. The van der Waals surface area contributed by atoms with Gasteiger partial charge in [-0.3, -0.25) is 9.59 Å². The molecule has 8 heteroatoms. The molecule has 1 aromatic carbocycles. The molecular formula is C19H23N3O5. The topological polar surface area (TPSA) is 91.7 Å². The van der Waals surface area contributed by atoms with Gasteiger partial charge in [0.15, 0.2) is 0 Å². The zero-order valence-electron chi connectivity index (χ0n) is 15.9. The Balaban J connectivity index is 2.05. The molecular weight excluding hydrogens is 350 g/mol. The van der Waals surface area contributed by atoms with E-state index in [0.717, 1.165) is 16.8 Å². The Bertz CT molecular complexity index is 874. The van der Waals surface area contributed by atoms with Crippen LogP contribution < -0.4 is 14.8 Å². The number of anilines is 1. The molecule has 2 heterocycles. The van der Waals surface area contributed by atoms with Crippen LogP contribution in [0, 0.1) is 6.92 Å². The fourth-order valence-corrected chi connectivity index (χ4v) is 3.43. The number of ether oxygens (including phenoxy) is 3. The molecule has 0 fully saturated rings. The SMILES string of the molecule is CCOC(=O)Cn1nc(C)c2c1NC(=O)CC2c1ccc(OC)cc1OC. The van der Waals surface area contributed by atoms with Gasteiger partial charge in [-0.1, -0.05) is 6.07 Å². The molecule has 0 saturated carbocycles. The van der Waals surface area contributed by atoms with Crippen molar-refractivity contribution in [1.29, 1.82) is 0 Å². The number of aryl methyl sites for hydroxylation is 1. The number of carbonyl (C=O) groups is 2. The summed E-state index contributed by atoms with van der Waals surface area (Å²) in [4.78, 5) is 24.3. The Hall–Kier alpha value is -3.03. The molecule has 2 aromatic rings. The third-order valence-corrected chi connectivity index (χ3v) is 4.57. The van der Waals surface area contributed by atoms with E-state index in [9.17, 15) is 9.59 Å². The summed E-state index contributed by atoms with van der Waals surface area (Å²) in [5.41, 5.74) is 2.49. The number of nitrogens with one attached hydrogen (secondary N) is 1. The van der Waals surface area contributed by atoms with Crippen LogP contribution in [0.1, 0.15) is 36.1 Å². The molecule has 1 aromatic heterocycles. The fraction of sp³-hybridized carbons (Fsp3) is 0.421. The lowest BCUT2D eigenvalue weighted by Crippen LogP contribution is -2.26. The first-order chi connectivity index (χ1) is 13.0. The minimum absolute atomic E-state index is 0.0588. The molecule has 1 atom stereocenters. The molecule has 27 heavy (non-hydrogen) atoms. The van der Waals surface area contributed by atoms with E-state index in [1.165, 1.54) is 4.68 Å². The number of esters is 1. The minimum atomic E-state index is -0.402. The van der Waals surface area contributed by atoms with Crippen LogP contribution in [0.3, 0.4) is 0 Å². The number of aromatic nitrogens is 2. The maximum Gasteiger partial charge on any atom is 0.327 e. The van der Waals surface area contributed by atoms with Crippen LogP contribution in [0.2, 0.25) is 0 Å². The van der Waals surface area contributed by atoms with Crippen molar-refractivity contribution in [1.82, 2.24) is 9.78 Å². The van der Waals surface area contributed by atoms with Crippen LogP contribution in [0.4, 0.5) is 5.82 Å². The van der Waals surface area contributed by atoms with Crippen molar-refractivity contribution in [3.05, 3.63) is 35.0 Å². The number of benzene rings is 1. The number of hydrogen-bond donors (Lipinski definition) is 1. The molecule has 0 aliphatic carbocycles. The monoisotopic (exact) mass is 373 g/mol. The highest BCUT2D eigenvalue weighted by Gasteiger charge is 2.34. The fourth-order valence-electron chi connectivity index (χ4n) is 3.43. The van der Waals surface area contributed by atoms with Crippen molar-refractivity contribution in [3.8, 4) is 11.5 Å². The summed E-state index contributed by atoms with van der Waals surface area (Å²) in [6.45, 7) is 3.84. The number of rotatable bonds is 6. The van der Waals surface area contributed by atoms with E-state index >= 15 is 0 Å². The van der Waals surface area contributed by atoms with Crippen LogP contribution in [0.15, 0.2) is 18.2 Å². The van der Waals surface area contributed by atoms with Crippen molar-refractivity contribution in [3.63, 3.8) is 0 Å². The summed E-state index contributed by atoms with van der Waals surface area (Å²) >= 11 is 0. The van der Waals surface area contributed by atoms with E-state index in [0.29, 0.717) is 23.9 Å². The summed E-state index contributed by atoms with van der Waals surface area (Å²) in [5.74, 6) is 1.06. The summed E-state index contributed by atoms with van der Waals surface area (Å²) < 4.78 is 17.3. The molecule has 0 spiro atoms. The van der Waals surface area contributed by atoms with Crippen LogP contribution in [-0.2, 0) is 20.9 Å². The Morgan fingerprint density at radius 2 is 2.11 bits per heavy atom. The quantitative estimate of drug-likeness (QED) is 0.781. The van der Waals surface area contributed by atoms with Crippen LogP contribution >= 0.6 is 0 Å². The maximum atomic E-state index is 12.4. The second-order valence-corrected chi connectivity index (χ2v) is 6.22. The first-order valence-corrected chi connectivity index (χ1v) is 8.73. The summed E-state index contributed by atoms with van der Waals surface area (Å²) in [7, 11) is 3.17. The predicted molar refractivity (Wildman–Crippen MR) is 98.2 cm³/mol. The van der Waals surface area contributed by atoms with E-state index < -0.39 is 5.97 Å². The molecule has 0 saturated heterocycles. The van der Waals surface area contributed by atoms with E-state index in [2.05, 4.69) is 10.4 Å². The van der Waals surface area contributed by atoms with E-state index in [1.807, 2.05) is 19.1 Å². The van der Waals surface area contributed by atoms with Gasteiger partial charge in [0.2, 0.25) is 5.91 Å². The third kappa shape index (κ3) is 3.60. The van der Waals surface area contributed by atoms with Gasteiger partial charge in [-0.05, 0) is 19.9 Å². The highest BCUT2D eigenvalue weighted by molar-refractivity contribution is 5.95. The molecule has 1 N–H and O–H groups in total. The van der Waals surface area contributed by atoms with Gasteiger partial charge in [-0.25, -0.2) is 4.68 Å². The number of hydrogen-bond acceptors (Lipinski definition) is 6. The van der Waals surface area contributed by atoms with Gasteiger partial charge in [-0.15, -0.1) is 0 Å². The lowest BCUT2D eigenvalue weighted by atomic mass is 9.85. The summed E-state index contributed by atoms with van der Waals surface area (Å²) in [5, 5.41) is 7.29. The van der Waals surface area contributed by atoms with Gasteiger partial charge >= 0.3 is 5.97 Å². The third-order valence-electron chi connectivity index (χ3n) is 4.57. The smallest absolute Gasteiger partial charge is 0.327 e. The van der Waals surface area contributed by atoms with E-state index in [-0.39, 0.29) is 24.8 Å². The highest BCUT2D eigenvalue weighted by atomic mass is 16.5. The van der Waals surface area contributed by atoms with Crippen LogP contribution in [-0.4, -0.2) is 42.5 Å². The molecule has 0 radical (unpaired) electrons. The van der Waals surface area contributed by atoms with Crippen LogP contribution in [0.5, 0.6) is 11.5 Å². The number of fused-ring (bicyclic) bond motifs is 1. The zero-order chi connectivity index (χ0) is 19.6. The zero-order valence-corrected chi connectivity index (χ0v) is 15.9. The van der Waals surface area contributed by atoms with Gasteiger partial charge in [0, 0.05) is 29.5 Å². The second kappa shape index (κ2) is 7.69. The van der Waals surface area contributed by atoms with Gasteiger partial charge in [0.1, 0.15) is 23.9 Å². The van der Waals surface area contributed by atoms with E-state index in [1.54, 1.807) is 27.2 Å². The Labute approximate surface area is 157 Å².